The number of hydrogen-bond acceptors (Lipinski definition) is 2. The molecule has 0 saturated carbocycles. The summed E-state index contributed by atoms with van der Waals surface area (Å²) in [6.45, 7) is 6.41. The SMILES string of the molecule is CCN1CC[C@@](CN)(c2ccccc2)C1. The highest BCUT2D eigenvalue weighted by Gasteiger charge is 2.37. The minimum atomic E-state index is 0.206. The van der Waals surface area contributed by atoms with Gasteiger partial charge in [-0.2, -0.15) is 0 Å². The Hall–Kier alpha value is -0.860. The van der Waals surface area contributed by atoms with Crippen molar-refractivity contribution in [2.45, 2.75) is 18.8 Å². The van der Waals surface area contributed by atoms with Gasteiger partial charge >= 0.3 is 0 Å². The third-order valence-electron chi connectivity index (χ3n) is 3.66. The highest BCUT2D eigenvalue weighted by atomic mass is 15.2. The zero-order chi connectivity index (χ0) is 10.7. The maximum Gasteiger partial charge on any atom is 0.0215 e. The topological polar surface area (TPSA) is 29.3 Å². The molecule has 0 aliphatic carbocycles. The Morgan fingerprint density at radius 3 is 2.60 bits per heavy atom. The number of nitrogens with zero attached hydrogens (tertiary/aromatic N) is 1. The Balaban J connectivity index is 2.24. The van der Waals surface area contributed by atoms with Gasteiger partial charge in [-0.05, 0) is 25.1 Å². The standard InChI is InChI=1S/C13H20N2/c1-2-15-9-8-13(10-14,11-15)12-6-4-3-5-7-12/h3-7H,2,8-11,14H2,1H3/t13-/m0/s1. The number of rotatable bonds is 3. The summed E-state index contributed by atoms with van der Waals surface area (Å²) in [5.74, 6) is 0. The summed E-state index contributed by atoms with van der Waals surface area (Å²) in [5.41, 5.74) is 7.60. The van der Waals surface area contributed by atoms with Crippen molar-refractivity contribution in [1.82, 2.24) is 4.90 Å². The Morgan fingerprint density at radius 1 is 1.33 bits per heavy atom. The van der Waals surface area contributed by atoms with E-state index in [-0.39, 0.29) is 5.41 Å². The predicted molar refractivity (Wildman–Crippen MR) is 63.9 cm³/mol. The second-order valence-corrected chi connectivity index (χ2v) is 4.47. The fourth-order valence-electron chi connectivity index (χ4n) is 2.54. The molecule has 0 amide bonds. The van der Waals surface area contributed by atoms with Crippen molar-refractivity contribution < 1.29 is 0 Å². The smallest absolute Gasteiger partial charge is 0.0215 e. The van der Waals surface area contributed by atoms with Crippen LogP contribution in [-0.4, -0.2) is 31.1 Å². The molecule has 1 atom stereocenters. The molecular weight excluding hydrogens is 184 g/mol. The van der Waals surface area contributed by atoms with Crippen LogP contribution in [0, 0.1) is 0 Å². The molecule has 2 nitrogen and oxygen atoms in total. The van der Waals surface area contributed by atoms with Gasteiger partial charge < -0.3 is 10.6 Å². The molecule has 1 fully saturated rings. The van der Waals surface area contributed by atoms with Crippen LogP contribution in [0.25, 0.3) is 0 Å². The molecule has 1 aromatic rings. The van der Waals surface area contributed by atoms with E-state index in [9.17, 15) is 0 Å². The number of benzene rings is 1. The lowest BCUT2D eigenvalue weighted by molar-refractivity contribution is 0.327. The van der Waals surface area contributed by atoms with Gasteiger partial charge in [0.1, 0.15) is 0 Å². The van der Waals surface area contributed by atoms with Gasteiger partial charge in [0.15, 0.2) is 0 Å². The lowest BCUT2D eigenvalue weighted by Gasteiger charge is -2.28. The molecule has 1 aliphatic rings. The van der Waals surface area contributed by atoms with Crippen molar-refractivity contribution in [3.63, 3.8) is 0 Å². The van der Waals surface area contributed by atoms with Crippen LogP contribution in [0.5, 0.6) is 0 Å². The van der Waals surface area contributed by atoms with Crippen LogP contribution in [0.1, 0.15) is 18.9 Å². The van der Waals surface area contributed by atoms with Crippen molar-refractivity contribution >= 4 is 0 Å². The number of nitrogens with two attached hydrogens (primary N) is 1. The van der Waals surface area contributed by atoms with E-state index >= 15 is 0 Å². The molecular formula is C13H20N2. The largest absolute Gasteiger partial charge is 0.330 e. The molecule has 82 valence electrons. The maximum absolute atomic E-state index is 5.99. The molecule has 0 bridgehead atoms. The Bertz CT molecular complexity index is 310. The summed E-state index contributed by atoms with van der Waals surface area (Å²) in [4.78, 5) is 2.49. The number of likely N-dealkylation sites (N-methyl/N-ethyl adjacent to an activating group) is 1. The Morgan fingerprint density at radius 2 is 2.07 bits per heavy atom. The summed E-state index contributed by atoms with van der Waals surface area (Å²) in [6, 6.07) is 10.7. The molecule has 1 aromatic carbocycles. The minimum Gasteiger partial charge on any atom is -0.330 e. The molecule has 1 heterocycles. The first-order valence-electron chi connectivity index (χ1n) is 5.79. The van der Waals surface area contributed by atoms with Gasteiger partial charge in [-0.1, -0.05) is 37.3 Å². The third kappa shape index (κ3) is 1.92. The molecule has 2 heteroatoms. The predicted octanol–water partition coefficient (Wildman–Crippen LogP) is 1.61. The fraction of sp³-hybridized carbons (Fsp3) is 0.538. The number of likely N-dealkylation sites (tertiary alicyclic amines) is 1. The van der Waals surface area contributed by atoms with E-state index < -0.39 is 0 Å². The van der Waals surface area contributed by atoms with Crippen LogP contribution in [0.15, 0.2) is 30.3 Å². The van der Waals surface area contributed by atoms with Gasteiger partial charge in [-0.25, -0.2) is 0 Å². The first-order chi connectivity index (χ1) is 7.30. The van der Waals surface area contributed by atoms with Gasteiger partial charge in [-0.3, -0.25) is 0 Å². The van der Waals surface area contributed by atoms with Gasteiger partial charge in [0.2, 0.25) is 0 Å². The quantitative estimate of drug-likeness (QED) is 0.810. The first kappa shape index (κ1) is 10.7. The van der Waals surface area contributed by atoms with Gasteiger partial charge in [0, 0.05) is 18.5 Å². The highest BCUT2D eigenvalue weighted by Crippen LogP contribution is 2.33. The van der Waals surface area contributed by atoms with Crippen molar-refractivity contribution in [3.05, 3.63) is 35.9 Å². The van der Waals surface area contributed by atoms with Crippen LogP contribution in [0.3, 0.4) is 0 Å². The summed E-state index contributed by atoms with van der Waals surface area (Å²) in [6.07, 6.45) is 1.20. The average molecular weight is 204 g/mol. The third-order valence-corrected chi connectivity index (χ3v) is 3.66. The molecule has 15 heavy (non-hydrogen) atoms. The molecule has 0 spiro atoms. The van der Waals surface area contributed by atoms with Gasteiger partial charge in [0.25, 0.3) is 0 Å². The molecule has 0 unspecified atom stereocenters. The van der Waals surface area contributed by atoms with Crippen LogP contribution < -0.4 is 5.73 Å². The van der Waals surface area contributed by atoms with E-state index in [1.807, 2.05) is 0 Å². The zero-order valence-electron chi connectivity index (χ0n) is 9.45. The van der Waals surface area contributed by atoms with Crippen LogP contribution in [-0.2, 0) is 5.41 Å². The van der Waals surface area contributed by atoms with E-state index in [0.717, 1.165) is 19.6 Å². The van der Waals surface area contributed by atoms with Crippen molar-refractivity contribution in [2.75, 3.05) is 26.2 Å². The van der Waals surface area contributed by atoms with E-state index in [1.165, 1.54) is 18.5 Å². The minimum absolute atomic E-state index is 0.206. The first-order valence-corrected chi connectivity index (χ1v) is 5.79. The van der Waals surface area contributed by atoms with Gasteiger partial charge in [0.05, 0.1) is 0 Å². The molecule has 1 aliphatic heterocycles. The summed E-state index contributed by atoms with van der Waals surface area (Å²) in [7, 11) is 0. The molecule has 0 aromatic heterocycles. The van der Waals surface area contributed by atoms with E-state index in [2.05, 4.69) is 42.2 Å². The Labute approximate surface area is 92.1 Å². The van der Waals surface area contributed by atoms with Crippen molar-refractivity contribution in [3.8, 4) is 0 Å². The lowest BCUT2D eigenvalue weighted by Crippen LogP contribution is -2.38. The fourth-order valence-corrected chi connectivity index (χ4v) is 2.54. The normalized spacial score (nSPS) is 27.1. The maximum atomic E-state index is 5.99. The molecule has 0 radical (unpaired) electrons. The average Bonchev–Trinajstić information content (AvgIpc) is 2.75. The lowest BCUT2D eigenvalue weighted by atomic mass is 9.80. The van der Waals surface area contributed by atoms with Crippen LogP contribution in [0.2, 0.25) is 0 Å². The zero-order valence-corrected chi connectivity index (χ0v) is 9.45. The van der Waals surface area contributed by atoms with Gasteiger partial charge in [-0.15, -0.1) is 0 Å². The Kier molecular flexibility index (Phi) is 3.08. The van der Waals surface area contributed by atoms with Crippen molar-refractivity contribution in [2.24, 2.45) is 5.73 Å². The van der Waals surface area contributed by atoms with E-state index in [4.69, 9.17) is 5.73 Å². The highest BCUT2D eigenvalue weighted by molar-refractivity contribution is 5.28. The van der Waals surface area contributed by atoms with E-state index in [0.29, 0.717) is 0 Å². The van der Waals surface area contributed by atoms with E-state index in [1.54, 1.807) is 0 Å². The second-order valence-electron chi connectivity index (χ2n) is 4.47. The number of hydrogen-bond donors (Lipinski definition) is 1. The second kappa shape index (κ2) is 4.33. The van der Waals surface area contributed by atoms with Crippen LogP contribution in [0.4, 0.5) is 0 Å². The summed E-state index contributed by atoms with van der Waals surface area (Å²) >= 11 is 0. The molecule has 1 saturated heterocycles. The monoisotopic (exact) mass is 204 g/mol. The molecule has 2 rings (SSSR count). The molecule has 2 N–H and O–H groups in total. The van der Waals surface area contributed by atoms with Crippen LogP contribution >= 0.6 is 0 Å². The summed E-state index contributed by atoms with van der Waals surface area (Å²) in [5, 5.41) is 0. The van der Waals surface area contributed by atoms with Crippen molar-refractivity contribution in [1.29, 1.82) is 0 Å². The summed E-state index contributed by atoms with van der Waals surface area (Å²) < 4.78 is 0.